The topological polar surface area (TPSA) is 67.4 Å². The molecule has 2 N–H and O–H groups in total. The average Bonchev–Trinajstić information content (AvgIpc) is 3.16. The molecule has 7 heteroatoms. The fourth-order valence-corrected chi connectivity index (χ4v) is 3.20. The van der Waals surface area contributed by atoms with Crippen molar-refractivity contribution in [2.75, 3.05) is 6.61 Å². The lowest BCUT2D eigenvalue weighted by atomic mass is 10.1. The van der Waals surface area contributed by atoms with Gasteiger partial charge in [-0.1, -0.05) is 12.1 Å². The Bertz CT molecular complexity index is 1160. The molecule has 154 valence electrons. The van der Waals surface area contributed by atoms with Crippen LogP contribution in [0, 0.1) is 11.6 Å². The lowest BCUT2D eigenvalue weighted by molar-refractivity contribution is 0.0859. The third kappa shape index (κ3) is 4.26. The smallest absolute Gasteiger partial charge is 0.141 e. The number of nitrogens with zero attached hydrogens (tertiary/aromatic N) is 1. The van der Waals surface area contributed by atoms with Crippen LogP contribution in [0.4, 0.5) is 8.78 Å². The lowest BCUT2D eigenvalue weighted by Gasteiger charge is -2.16. The number of phenols is 1. The van der Waals surface area contributed by atoms with Gasteiger partial charge in [-0.2, -0.15) is 0 Å². The largest absolute Gasteiger partial charge is 0.508 e. The molecule has 30 heavy (non-hydrogen) atoms. The summed E-state index contributed by atoms with van der Waals surface area (Å²) in [5, 5.41) is 9.66. The van der Waals surface area contributed by atoms with Crippen LogP contribution in [0.15, 0.2) is 60.7 Å². The SMILES string of the molecule is CCOC(c1ccc(OCc2cc(F)ccc2F)cc1)c1nc2ccc(O)cc2[nH]1. The van der Waals surface area contributed by atoms with Crippen molar-refractivity contribution in [1.82, 2.24) is 9.97 Å². The quantitative estimate of drug-likeness (QED) is 0.437. The van der Waals surface area contributed by atoms with E-state index in [2.05, 4.69) is 9.97 Å². The summed E-state index contributed by atoms with van der Waals surface area (Å²) >= 11 is 0. The number of nitrogens with one attached hydrogen (secondary N) is 1. The standard InChI is InChI=1S/C23H20F2N2O3/c1-2-29-22(23-26-20-10-6-17(28)12-21(20)27-23)14-3-7-18(8-4-14)30-13-15-11-16(24)5-9-19(15)25/h3-12,22,28H,2,13H2,1H3,(H,26,27). The van der Waals surface area contributed by atoms with Gasteiger partial charge in [0.05, 0.1) is 11.0 Å². The number of aromatic hydroxyl groups is 1. The van der Waals surface area contributed by atoms with E-state index in [4.69, 9.17) is 9.47 Å². The third-order valence-corrected chi connectivity index (χ3v) is 4.65. The normalized spacial score (nSPS) is 12.2. The highest BCUT2D eigenvalue weighted by molar-refractivity contribution is 5.76. The van der Waals surface area contributed by atoms with Gasteiger partial charge in [0.2, 0.25) is 0 Å². The van der Waals surface area contributed by atoms with E-state index in [0.29, 0.717) is 23.7 Å². The number of benzene rings is 3. The predicted molar refractivity (Wildman–Crippen MR) is 108 cm³/mol. The lowest BCUT2D eigenvalue weighted by Crippen LogP contribution is -2.08. The summed E-state index contributed by atoms with van der Waals surface area (Å²) in [6.45, 7) is 2.29. The van der Waals surface area contributed by atoms with Crippen LogP contribution < -0.4 is 4.74 Å². The van der Waals surface area contributed by atoms with E-state index in [-0.39, 0.29) is 17.9 Å². The van der Waals surface area contributed by atoms with E-state index in [0.717, 1.165) is 29.3 Å². The molecule has 1 unspecified atom stereocenters. The Kier molecular flexibility index (Phi) is 5.63. The second-order valence-corrected chi connectivity index (χ2v) is 6.75. The molecule has 0 amide bonds. The second-order valence-electron chi connectivity index (χ2n) is 6.75. The van der Waals surface area contributed by atoms with Gasteiger partial charge in [-0.25, -0.2) is 13.8 Å². The van der Waals surface area contributed by atoms with Gasteiger partial charge in [0.1, 0.15) is 41.7 Å². The first-order valence-corrected chi connectivity index (χ1v) is 9.50. The first-order valence-electron chi connectivity index (χ1n) is 9.50. The van der Waals surface area contributed by atoms with Crippen LogP contribution in [0.2, 0.25) is 0 Å². The maximum atomic E-state index is 13.7. The second kappa shape index (κ2) is 8.51. The van der Waals surface area contributed by atoms with Crippen molar-refractivity contribution in [2.45, 2.75) is 19.6 Å². The van der Waals surface area contributed by atoms with Crippen molar-refractivity contribution in [3.8, 4) is 11.5 Å². The Balaban J connectivity index is 1.53. The number of fused-ring (bicyclic) bond motifs is 1. The van der Waals surface area contributed by atoms with Crippen LogP contribution in [-0.2, 0) is 11.3 Å². The van der Waals surface area contributed by atoms with Gasteiger partial charge < -0.3 is 19.6 Å². The number of rotatable bonds is 7. The van der Waals surface area contributed by atoms with Gasteiger partial charge >= 0.3 is 0 Å². The fraction of sp³-hybridized carbons (Fsp3) is 0.174. The molecule has 3 aromatic carbocycles. The summed E-state index contributed by atoms with van der Waals surface area (Å²) < 4.78 is 38.5. The molecule has 0 aliphatic rings. The van der Waals surface area contributed by atoms with Gasteiger partial charge in [-0.3, -0.25) is 0 Å². The molecule has 5 nitrogen and oxygen atoms in total. The Morgan fingerprint density at radius 3 is 2.60 bits per heavy atom. The van der Waals surface area contributed by atoms with Crippen molar-refractivity contribution in [3.05, 3.63) is 89.2 Å². The molecule has 0 spiro atoms. The molecule has 1 atom stereocenters. The number of aromatic amines is 1. The number of aromatic nitrogens is 2. The highest BCUT2D eigenvalue weighted by Gasteiger charge is 2.19. The minimum atomic E-state index is -0.514. The molecule has 1 aromatic heterocycles. The number of hydrogen-bond donors (Lipinski definition) is 2. The summed E-state index contributed by atoms with van der Waals surface area (Å²) in [6, 6.07) is 15.3. The number of hydrogen-bond acceptors (Lipinski definition) is 4. The van der Waals surface area contributed by atoms with Crippen molar-refractivity contribution < 1.29 is 23.4 Å². The molecule has 0 fully saturated rings. The number of ether oxygens (including phenoxy) is 2. The minimum absolute atomic E-state index is 0.0785. The Labute approximate surface area is 171 Å². The Morgan fingerprint density at radius 2 is 1.83 bits per heavy atom. The van der Waals surface area contributed by atoms with Crippen molar-refractivity contribution >= 4 is 11.0 Å². The molecular weight excluding hydrogens is 390 g/mol. The van der Waals surface area contributed by atoms with Crippen molar-refractivity contribution in [1.29, 1.82) is 0 Å². The Morgan fingerprint density at radius 1 is 1.03 bits per heavy atom. The summed E-state index contributed by atoms with van der Waals surface area (Å²) in [7, 11) is 0. The van der Waals surface area contributed by atoms with Crippen LogP contribution in [-0.4, -0.2) is 21.7 Å². The van der Waals surface area contributed by atoms with Gasteiger partial charge in [-0.15, -0.1) is 0 Å². The molecule has 4 aromatic rings. The monoisotopic (exact) mass is 410 g/mol. The van der Waals surface area contributed by atoms with Crippen LogP contribution in [0.1, 0.15) is 30.0 Å². The predicted octanol–water partition coefficient (Wildman–Crippen LogP) is 5.25. The summed E-state index contributed by atoms with van der Waals surface area (Å²) in [6.07, 6.45) is -0.431. The number of H-pyrrole nitrogens is 1. The van der Waals surface area contributed by atoms with Crippen LogP contribution in [0.5, 0.6) is 11.5 Å². The highest BCUT2D eigenvalue weighted by Crippen LogP contribution is 2.28. The highest BCUT2D eigenvalue weighted by atomic mass is 19.1. The summed E-state index contributed by atoms with van der Waals surface area (Å²) in [5.41, 5.74) is 2.44. The molecule has 1 heterocycles. The maximum absolute atomic E-state index is 13.7. The van der Waals surface area contributed by atoms with E-state index in [1.807, 2.05) is 19.1 Å². The van der Waals surface area contributed by atoms with Crippen LogP contribution in [0.25, 0.3) is 11.0 Å². The molecule has 0 saturated carbocycles. The van der Waals surface area contributed by atoms with E-state index in [9.17, 15) is 13.9 Å². The number of phenolic OH excluding ortho intramolecular Hbond substituents is 1. The Hall–Kier alpha value is -3.45. The van der Waals surface area contributed by atoms with Gasteiger partial charge in [0, 0.05) is 18.2 Å². The van der Waals surface area contributed by atoms with Crippen LogP contribution in [0.3, 0.4) is 0 Å². The zero-order chi connectivity index (χ0) is 21.1. The fourth-order valence-electron chi connectivity index (χ4n) is 3.20. The zero-order valence-electron chi connectivity index (χ0n) is 16.2. The number of halogens is 2. The molecular formula is C23H20F2N2O3. The molecule has 4 rings (SSSR count). The zero-order valence-corrected chi connectivity index (χ0v) is 16.2. The first-order chi connectivity index (χ1) is 14.5. The average molecular weight is 410 g/mol. The maximum Gasteiger partial charge on any atom is 0.141 e. The van der Waals surface area contributed by atoms with Crippen molar-refractivity contribution in [3.63, 3.8) is 0 Å². The van der Waals surface area contributed by atoms with Gasteiger partial charge in [0.25, 0.3) is 0 Å². The minimum Gasteiger partial charge on any atom is -0.508 e. The molecule has 0 radical (unpaired) electrons. The third-order valence-electron chi connectivity index (χ3n) is 4.65. The molecule has 0 aliphatic heterocycles. The van der Waals surface area contributed by atoms with E-state index in [1.54, 1.807) is 30.3 Å². The summed E-state index contributed by atoms with van der Waals surface area (Å²) in [4.78, 5) is 7.75. The summed E-state index contributed by atoms with van der Waals surface area (Å²) in [5.74, 6) is 0.270. The van der Waals surface area contributed by atoms with E-state index < -0.39 is 17.7 Å². The van der Waals surface area contributed by atoms with Gasteiger partial charge in [-0.05, 0) is 55.0 Å². The molecule has 0 bridgehead atoms. The molecule has 0 saturated heterocycles. The first kappa shape index (κ1) is 19.8. The number of imidazole rings is 1. The van der Waals surface area contributed by atoms with Gasteiger partial charge in [0.15, 0.2) is 0 Å². The molecule has 0 aliphatic carbocycles. The van der Waals surface area contributed by atoms with E-state index >= 15 is 0 Å². The van der Waals surface area contributed by atoms with E-state index in [1.165, 1.54) is 0 Å². The van der Waals surface area contributed by atoms with Crippen molar-refractivity contribution in [2.24, 2.45) is 0 Å². The van der Waals surface area contributed by atoms with Crippen LogP contribution >= 0.6 is 0 Å².